The molecule has 2 atom stereocenters. The van der Waals surface area contributed by atoms with Crippen molar-refractivity contribution < 1.29 is 14.3 Å². The van der Waals surface area contributed by atoms with Crippen molar-refractivity contribution in [2.75, 3.05) is 11.5 Å². The predicted molar refractivity (Wildman–Crippen MR) is 131 cm³/mol. The van der Waals surface area contributed by atoms with Crippen LogP contribution in [0.5, 0.6) is 5.75 Å². The standard InChI is InChI=1S/C28H25N3O3/c1-3-34-20-14-12-19(13-15-20)30-27(32)24-16-22-21-6-4-5-7-23(21)29-25(22)26(31(24)28(30)33)18-10-8-17(2)9-11-18/h4-15,24,26,29H,3,16H2,1-2H3/t24-,26-/m0/s1. The second kappa shape index (κ2) is 7.76. The third-order valence-electron chi connectivity index (χ3n) is 6.85. The lowest BCUT2D eigenvalue weighted by Gasteiger charge is -2.36. The van der Waals surface area contributed by atoms with Crippen molar-refractivity contribution in [2.24, 2.45) is 0 Å². The highest BCUT2D eigenvalue weighted by Gasteiger charge is 2.53. The molecule has 6 heteroatoms. The van der Waals surface area contributed by atoms with Gasteiger partial charge < -0.3 is 9.72 Å². The number of aryl methyl sites for hydroxylation is 1. The normalized spacial score (nSPS) is 19.5. The number of aromatic nitrogens is 1. The number of para-hydroxylation sites is 1. The van der Waals surface area contributed by atoms with Gasteiger partial charge in [0, 0.05) is 23.0 Å². The lowest BCUT2D eigenvalue weighted by Crippen LogP contribution is -2.44. The molecule has 170 valence electrons. The molecule has 0 unspecified atom stereocenters. The number of ether oxygens (including phenoxy) is 1. The molecule has 3 amide bonds. The molecule has 0 radical (unpaired) electrons. The quantitative estimate of drug-likeness (QED) is 0.425. The molecule has 2 aliphatic heterocycles. The van der Waals surface area contributed by atoms with Crippen LogP contribution in [0.3, 0.4) is 0 Å². The van der Waals surface area contributed by atoms with E-state index in [0.717, 1.165) is 33.3 Å². The van der Waals surface area contributed by atoms with Gasteiger partial charge in [0.15, 0.2) is 0 Å². The van der Waals surface area contributed by atoms with Gasteiger partial charge in [0.25, 0.3) is 5.91 Å². The Morgan fingerprint density at radius 1 is 0.971 bits per heavy atom. The minimum atomic E-state index is -0.558. The van der Waals surface area contributed by atoms with E-state index in [1.165, 1.54) is 4.90 Å². The highest BCUT2D eigenvalue weighted by molar-refractivity contribution is 6.22. The van der Waals surface area contributed by atoms with E-state index in [9.17, 15) is 9.59 Å². The second-order valence-corrected chi connectivity index (χ2v) is 8.89. The van der Waals surface area contributed by atoms with Gasteiger partial charge in [-0.2, -0.15) is 0 Å². The Morgan fingerprint density at radius 3 is 2.44 bits per heavy atom. The van der Waals surface area contributed by atoms with Crippen LogP contribution in [0.2, 0.25) is 0 Å². The minimum Gasteiger partial charge on any atom is -0.494 e. The molecule has 34 heavy (non-hydrogen) atoms. The molecule has 0 aliphatic carbocycles. The lowest BCUT2D eigenvalue weighted by molar-refractivity contribution is -0.120. The smallest absolute Gasteiger partial charge is 0.332 e. The number of carbonyl (C=O) groups is 2. The van der Waals surface area contributed by atoms with E-state index in [1.54, 1.807) is 29.2 Å². The van der Waals surface area contributed by atoms with E-state index in [2.05, 4.69) is 23.2 Å². The summed E-state index contributed by atoms with van der Waals surface area (Å²) < 4.78 is 5.53. The monoisotopic (exact) mass is 451 g/mol. The highest BCUT2D eigenvalue weighted by atomic mass is 16.5. The topological polar surface area (TPSA) is 65.6 Å². The van der Waals surface area contributed by atoms with E-state index in [-0.39, 0.29) is 18.0 Å². The molecule has 1 N–H and O–H groups in total. The van der Waals surface area contributed by atoms with Crippen molar-refractivity contribution in [1.82, 2.24) is 9.88 Å². The average molecular weight is 452 g/mol. The Morgan fingerprint density at radius 2 is 1.71 bits per heavy atom. The third kappa shape index (κ3) is 3.02. The molecule has 4 aromatic rings. The fourth-order valence-corrected chi connectivity index (χ4v) is 5.27. The van der Waals surface area contributed by atoms with Gasteiger partial charge in [-0.15, -0.1) is 0 Å². The molecule has 3 aromatic carbocycles. The molecular formula is C28H25N3O3. The number of imide groups is 1. The van der Waals surface area contributed by atoms with Crippen LogP contribution in [0.15, 0.2) is 72.8 Å². The Balaban J connectivity index is 1.48. The molecule has 1 fully saturated rings. The number of hydrogen-bond acceptors (Lipinski definition) is 3. The van der Waals surface area contributed by atoms with E-state index in [1.807, 2.05) is 44.2 Å². The number of fused-ring (bicyclic) bond motifs is 4. The van der Waals surface area contributed by atoms with Crippen molar-refractivity contribution in [3.05, 3.63) is 95.2 Å². The number of amides is 3. The van der Waals surface area contributed by atoms with Gasteiger partial charge in [0.1, 0.15) is 17.8 Å². The summed E-state index contributed by atoms with van der Waals surface area (Å²) in [6.07, 6.45) is 0.486. The fourth-order valence-electron chi connectivity index (χ4n) is 5.27. The Bertz CT molecular complexity index is 1410. The number of nitrogens with zero attached hydrogens (tertiary/aromatic N) is 2. The number of H-pyrrole nitrogens is 1. The minimum absolute atomic E-state index is 0.192. The van der Waals surface area contributed by atoms with Crippen LogP contribution in [0.4, 0.5) is 10.5 Å². The number of nitrogens with one attached hydrogen (secondary N) is 1. The molecule has 1 aromatic heterocycles. The fraction of sp³-hybridized carbons (Fsp3) is 0.214. The van der Waals surface area contributed by atoms with Crippen molar-refractivity contribution in [1.29, 1.82) is 0 Å². The van der Waals surface area contributed by atoms with E-state index in [4.69, 9.17) is 4.74 Å². The van der Waals surface area contributed by atoms with Gasteiger partial charge in [-0.25, -0.2) is 9.69 Å². The summed E-state index contributed by atoms with van der Waals surface area (Å²) in [5.74, 6) is 0.518. The van der Waals surface area contributed by atoms with Crippen molar-refractivity contribution in [3.8, 4) is 5.75 Å². The summed E-state index contributed by atoms with van der Waals surface area (Å²) >= 11 is 0. The zero-order valence-electron chi connectivity index (χ0n) is 19.1. The summed E-state index contributed by atoms with van der Waals surface area (Å²) in [7, 11) is 0. The maximum atomic E-state index is 13.8. The van der Waals surface area contributed by atoms with Crippen LogP contribution >= 0.6 is 0 Å². The van der Waals surface area contributed by atoms with Gasteiger partial charge >= 0.3 is 6.03 Å². The number of benzene rings is 3. The van der Waals surface area contributed by atoms with Gasteiger partial charge in [-0.05, 0) is 55.3 Å². The molecule has 1 saturated heterocycles. The molecule has 0 spiro atoms. The van der Waals surface area contributed by atoms with E-state index in [0.29, 0.717) is 24.5 Å². The zero-order chi connectivity index (χ0) is 23.4. The molecular weight excluding hydrogens is 426 g/mol. The number of aromatic amines is 1. The Labute approximate surface area is 197 Å². The van der Waals surface area contributed by atoms with Crippen LogP contribution in [-0.4, -0.2) is 34.5 Å². The molecule has 0 saturated carbocycles. The Hall–Kier alpha value is -4.06. The molecule has 3 heterocycles. The van der Waals surface area contributed by atoms with Crippen molar-refractivity contribution in [3.63, 3.8) is 0 Å². The van der Waals surface area contributed by atoms with Gasteiger partial charge in [-0.1, -0.05) is 48.0 Å². The first-order valence-electron chi connectivity index (χ1n) is 11.6. The van der Waals surface area contributed by atoms with E-state index < -0.39 is 6.04 Å². The summed E-state index contributed by atoms with van der Waals surface area (Å²) in [5.41, 5.74) is 5.80. The van der Waals surface area contributed by atoms with Gasteiger partial charge in [0.05, 0.1) is 12.3 Å². The number of rotatable bonds is 4. The maximum absolute atomic E-state index is 13.8. The second-order valence-electron chi connectivity index (χ2n) is 8.89. The zero-order valence-corrected chi connectivity index (χ0v) is 19.1. The summed E-state index contributed by atoms with van der Waals surface area (Å²) in [6.45, 7) is 4.52. The number of hydrogen-bond donors (Lipinski definition) is 1. The SMILES string of the molecule is CCOc1ccc(N2C(=O)[C@@H]3Cc4c([nH]c5ccccc45)[C@H](c4ccc(C)cc4)N3C2=O)cc1. The summed E-state index contributed by atoms with van der Waals surface area (Å²) in [6, 6.07) is 22.2. The van der Waals surface area contributed by atoms with Gasteiger partial charge in [-0.3, -0.25) is 9.69 Å². The highest BCUT2D eigenvalue weighted by Crippen LogP contribution is 2.44. The first kappa shape index (κ1) is 20.5. The maximum Gasteiger partial charge on any atom is 0.332 e. The molecule has 6 rings (SSSR count). The van der Waals surface area contributed by atoms with Crippen LogP contribution in [0.1, 0.15) is 35.3 Å². The van der Waals surface area contributed by atoms with E-state index >= 15 is 0 Å². The molecule has 0 bridgehead atoms. The van der Waals surface area contributed by atoms with Crippen LogP contribution in [0, 0.1) is 6.92 Å². The first-order chi connectivity index (χ1) is 16.6. The lowest BCUT2D eigenvalue weighted by atomic mass is 9.88. The number of carbonyl (C=O) groups excluding carboxylic acids is 2. The van der Waals surface area contributed by atoms with Crippen molar-refractivity contribution >= 4 is 28.5 Å². The average Bonchev–Trinajstić information content (AvgIpc) is 3.34. The molecule has 6 nitrogen and oxygen atoms in total. The van der Waals surface area contributed by atoms with Crippen LogP contribution in [-0.2, 0) is 11.2 Å². The largest absolute Gasteiger partial charge is 0.494 e. The van der Waals surface area contributed by atoms with Crippen molar-refractivity contribution in [2.45, 2.75) is 32.4 Å². The third-order valence-corrected chi connectivity index (χ3v) is 6.85. The van der Waals surface area contributed by atoms with Crippen LogP contribution < -0.4 is 9.64 Å². The predicted octanol–water partition coefficient (Wildman–Crippen LogP) is 5.36. The number of anilines is 1. The Kier molecular flexibility index (Phi) is 4.69. The summed E-state index contributed by atoms with van der Waals surface area (Å²) in [4.78, 5) is 34.1. The first-order valence-corrected chi connectivity index (χ1v) is 11.6. The van der Waals surface area contributed by atoms with Crippen LogP contribution in [0.25, 0.3) is 10.9 Å². The summed E-state index contributed by atoms with van der Waals surface area (Å²) in [5, 5.41) is 1.11. The molecule has 2 aliphatic rings. The number of urea groups is 1. The van der Waals surface area contributed by atoms with Gasteiger partial charge in [0.2, 0.25) is 0 Å².